The Kier molecular flexibility index (Phi) is 4.28. The van der Waals surface area contributed by atoms with Gasteiger partial charge in [-0.15, -0.1) is 0 Å². The maximum absolute atomic E-state index is 13.5. The van der Waals surface area contributed by atoms with Crippen LogP contribution in [-0.4, -0.2) is 26.2 Å². The fourth-order valence-electron chi connectivity index (χ4n) is 2.76. The molecular formula is C18H14O6S. The molecule has 0 radical (unpaired) electrons. The van der Waals surface area contributed by atoms with Crippen molar-refractivity contribution in [3.63, 3.8) is 0 Å². The van der Waals surface area contributed by atoms with Gasteiger partial charge in [0.25, 0.3) is 4.93 Å². The van der Waals surface area contributed by atoms with Crippen LogP contribution in [0.2, 0.25) is 0 Å². The predicted octanol–water partition coefficient (Wildman–Crippen LogP) is 1.46. The number of fused-ring (bicyclic) bond motifs is 2. The van der Waals surface area contributed by atoms with Crippen molar-refractivity contribution in [3.05, 3.63) is 58.8 Å². The summed E-state index contributed by atoms with van der Waals surface area (Å²) in [6.45, 7) is 0. The Labute approximate surface area is 145 Å². The summed E-state index contributed by atoms with van der Waals surface area (Å²) in [6.07, 6.45) is 0. The van der Waals surface area contributed by atoms with E-state index in [0.717, 1.165) is 14.2 Å². The SMILES string of the molecule is COC(=O)C([O-])(C(=O)OC)[s+]1c2ccccc2c(=O)c2ccccc21. The second kappa shape index (κ2) is 6.27. The van der Waals surface area contributed by atoms with E-state index in [9.17, 15) is 19.5 Å². The molecule has 2 aromatic carbocycles. The molecule has 0 fully saturated rings. The largest absolute Gasteiger partial charge is 0.787 e. The number of carbonyl (C=O) groups is 2. The molecule has 0 aliphatic heterocycles. The molecule has 0 bridgehead atoms. The number of rotatable bonds is 3. The first-order valence-electron chi connectivity index (χ1n) is 7.31. The van der Waals surface area contributed by atoms with Crippen molar-refractivity contribution in [1.29, 1.82) is 0 Å². The third-order valence-electron chi connectivity index (χ3n) is 3.90. The summed E-state index contributed by atoms with van der Waals surface area (Å²) < 4.78 is 9.90. The van der Waals surface area contributed by atoms with Gasteiger partial charge in [0.2, 0.25) is 5.43 Å². The van der Waals surface area contributed by atoms with E-state index in [1.165, 1.54) is 0 Å². The summed E-state index contributed by atoms with van der Waals surface area (Å²) in [5, 5.41) is 14.1. The first-order chi connectivity index (χ1) is 12.0. The molecule has 7 heteroatoms. The Bertz CT molecular complexity index is 976. The molecule has 0 amide bonds. The topological polar surface area (TPSA) is 92.7 Å². The smallest absolute Gasteiger partial charge is 0.363 e. The number of hydrogen-bond acceptors (Lipinski definition) is 6. The lowest BCUT2D eigenvalue weighted by atomic mass is 10.2. The summed E-state index contributed by atoms with van der Waals surface area (Å²) in [5.41, 5.74) is -0.257. The molecule has 1 heterocycles. The lowest BCUT2D eigenvalue weighted by molar-refractivity contribution is -0.437. The van der Waals surface area contributed by atoms with E-state index in [4.69, 9.17) is 0 Å². The monoisotopic (exact) mass is 358 g/mol. The quantitative estimate of drug-likeness (QED) is 0.305. The van der Waals surface area contributed by atoms with E-state index < -0.39 is 27.3 Å². The third-order valence-corrected chi connectivity index (χ3v) is 6.40. The van der Waals surface area contributed by atoms with Crippen LogP contribution in [0.3, 0.4) is 0 Å². The number of methoxy groups -OCH3 is 2. The highest BCUT2D eigenvalue weighted by Gasteiger charge is 2.50. The molecule has 3 aromatic rings. The Morgan fingerprint density at radius 2 is 1.28 bits per heavy atom. The summed E-state index contributed by atoms with van der Waals surface area (Å²) in [4.78, 5) is 34.5. The van der Waals surface area contributed by atoms with Gasteiger partial charge >= 0.3 is 11.9 Å². The van der Waals surface area contributed by atoms with Crippen LogP contribution < -0.4 is 10.5 Å². The molecule has 0 unspecified atom stereocenters. The normalized spacial score (nSPS) is 11.5. The van der Waals surface area contributed by atoms with E-state index in [2.05, 4.69) is 9.47 Å². The van der Waals surface area contributed by atoms with Crippen molar-refractivity contribution in [1.82, 2.24) is 0 Å². The molecule has 0 atom stereocenters. The van der Waals surface area contributed by atoms with Crippen molar-refractivity contribution in [2.45, 2.75) is 4.93 Å². The number of carbonyl (C=O) groups excluding carboxylic acids is 2. The van der Waals surface area contributed by atoms with Crippen molar-refractivity contribution >= 4 is 42.6 Å². The minimum atomic E-state index is -2.84. The van der Waals surface area contributed by atoms with Gasteiger partial charge in [-0.1, -0.05) is 24.3 Å². The highest BCUT2D eigenvalue weighted by atomic mass is 32.2. The van der Waals surface area contributed by atoms with Crippen LogP contribution in [-0.2, 0) is 24.0 Å². The number of benzene rings is 2. The molecule has 0 aliphatic carbocycles. The van der Waals surface area contributed by atoms with Gasteiger partial charge in [0, 0.05) is 10.5 Å². The van der Waals surface area contributed by atoms with Gasteiger partial charge in [-0.2, -0.15) is 0 Å². The van der Waals surface area contributed by atoms with Crippen LogP contribution in [0.15, 0.2) is 53.3 Å². The zero-order valence-electron chi connectivity index (χ0n) is 13.5. The lowest BCUT2D eigenvalue weighted by Gasteiger charge is -2.27. The van der Waals surface area contributed by atoms with Gasteiger partial charge in [-0.05, 0) is 24.3 Å². The molecule has 0 N–H and O–H groups in total. The average molecular weight is 358 g/mol. The van der Waals surface area contributed by atoms with Gasteiger partial charge in [0.1, 0.15) is 0 Å². The zero-order chi connectivity index (χ0) is 18.2. The predicted molar refractivity (Wildman–Crippen MR) is 92.2 cm³/mol. The van der Waals surface area contributed by atoms with E-state index >= 15 is 0 Å². The summed E-state index contributed by atoms with van der Waals surface area (Å²) >= 11 is 0. The molecule has 0 saturated carbocycles. The van der Waals surface area contributed by atoms with Gasteiger partial charge in [0.15, 0.2) is 9.40 Å². The van der Waals surface area contributed by atoms with E-state index in [0.29, 0.717) is 9.40 Å². The van der Waals surface area contributed by atoms with E-state index in [1.807, 2.05) is 0 Å². The number of hydrogen-bond donors (Lipinski definition) is 0. The molecule has 3 rings (SSSR count). The van der Waals surface area contributed by atoms with Crippen LogP contribution in [0.5, 0.6) is 0 Å². The minimum absolute atomic E-state index is 0.257. The minimum Gasteiger partial charge on any atom is -0.787 e. The van der Waals surface area contributed by atoms with Gasteiger partial charge < -0.3 is 14.6 Å². The second-order valence-corrected chi connectivity index (χ2v) is 7.29. The molecule has 6 nitrogen and oxygen atoms in total. The summed E-state index contributed by atoms with van der Waals surface area (Å²) in [7, 11) is 0.468. The number of ether oxygens (including phenoxy) is 2. The van der Waals surface area contributed by atoms with Crippen molar-refractivity contribution in [2.75, 3.05) is 14.2 Å². The van der Waals surface area contributed by atoms with E-state index in [-0.39, 0.29) is 16.2 Å². The van der Waals surface area contributed by atoms with Crippen LogP contribution in [0.1, 0.15) is 0 Å². The highest BCUT2D eigenvalue weighted by molar-refractivity contribution is 7.45. The maximum atomic E-state index is 13.5. The second-order valence-electron chi connectivity index (χ2n) is 5.23. The first-order valence-corrected chi connectivity index (χ1v) is 8.53. The van der Waals surface area contributed by atoms with Crippen molar-refractivity contribution in [2.24, 2.45) is 0 Å². The average Bonchev–Trinajstić information content (AvgIpc) is 2.66. The third kappa shape index (κ3) is 2.40. The number of esters is 2. The van der Waals surface area contributed by atoms with Crippen LogP contribution >= 0.6 is 10.5 Å². The van der Waals surface area contributed by atoms with Crippen molar-refractivity contribution < 1.29 is 24.2 Å². The summed E-state index contributed by atoms with van der Waals surface area (Å²) in [5.74, 6) is -2.50. The Balaban J connectivity index is 2.60. The Hall–Kier alpha value is -2.77. The Morgan fingerprint density at radius 3 is 1.68 bits per heavy atom. The summed E-state index contributed by atoms with van der Waals surface area (Å²) in [6, 6.07) is 12.9. The fraction of sp³-hybridized carbons (Fsp3) is 0.167. The molecular weight excluding hydrogens is 344 g/mol. The van der Waals surface area contributed by atoms with Crippen LogP contribution in [0.25, 0.3) is 20.2 Å². The van der Waals surface area contributed by atoms with Gasteiger partial charge in [-0.3, -0.25) is 4.79 Å². The van der Waals surface area contributed by atoms with E-state index in [1.54, 1.807) is 48.5 Å². The maximum Gasteiger partial charge on any atom is 0.363 e. The van der Waals surface area contributed by atoms with Crippen LogP contribution in [0, 0.1) is 0 Å². The highest BCUT2D eigenvalue weighted by Crippen LogP contribution is 2.45. The zero-order valence-corrected chi connectivity index (χ0v) is 14.3. The molecule has 0 spiro atoms. The Morgan fingerprint density at radius 1 is 0.880 bits per heavy atom. The lowest BCUT2D eigenvalue weighted by Crippen LogP contribution is -2.53. The molecule has 25 heavy (non-hydrogen) atoms. The van der Waals surface area contributed by atoms with Gasteiger partial charge in [-0.25, -0.2) is 9.59 Å². The fourth-order valence-corrected chi connectivity index (χ4v) is 5.30. The molecule has 128 valence electrons. The molecule has 0 aliphatic rings. The molecule has 1 aromatic heterocycles. The van der Waals surface area contributed by atoms with Crippen LogP contribution in [0.4, 0.5) is 0 Å². The molecule has 0 saturated heterocycles. The van der Waals surface area contributed by atoms with Crippen molar-refractivity contribution in [3.8, 4) is 0 Å². The van der Waals surface area contributed by atoms with Gasteiger partial charge in [0.05, 0.1) is 25.0 Å². The first kappa shape index (κ1) is 17.1. The standard InChI is InChI=1S/C18H14O6S/c1-23-16(20)18(22,17(21)24-2)25-13-9-5-3-7-11(13)15(19)12-8-4-6-10-14(12)25/h3-10H,1-2H3.